The molecule has 10 rings (SSSR count). The van der Waals surface area contributed by atoms with Crippen molar-refractivity contribution in [3.05, 3.63) is 57.1 Å². The number of phenols is 1. The Bertz CT molecular complexity index is 1300. The van der Waals surface area contributed by atoms with Gasteiger partial charge in [0.2, 0.25) is 0 Å². The van der Waals surface area contributed by atoms with Crippen molar-refractivity contribution < 1.29 is 43.6 Å². The van der Waals surface area contributed by atoms with E-state index in [9.17, 15) is 5.11 Å². The molecule has 6 unspecified atom stereocenters. The minimum atomic E-state index is -1.19. The van der Waals surface area contributed by atoms with Crippen LogP contribution in [0.2, 0.25) is 5.02 Å². The Morgan fingerprint density at radius 3 is 2.27 bits per heavy atom. The van der Waals surface area contributed by atoms with Crippen LogP contribution in [-0.4, -0.2) is 29.5 Å². The third-order valence-electron chi connectivity index (χ3n) is 7.70. The van der Waals surface area contributed by atoms with E-state index >= 15 is 0 Å². The quantitative estimate of drug-likeness (QED) is 0.494. The van der Waals surface area contributed by atoms with Crippen LogP contribution in [0.15, 0.2) is 24.3 Å². The highest BCUT2D eigenvalue weighted by Gasteiger charge is 2.89. The number of halogens is 1. The Labute approximate surface area is 171 Å². The fraction of sp³-hybridized carbons (Fsp3) is 0.400. The lowest BCUT2D eigenvalue weighted by Crippen LogP contribution is -2.53. The highest BCUT2D eigenvalue weighted by Crippen LogP contribution is 2.77. The minimum absolute atomic E-state index is 0.0238. The summed E-state index contributed by atoms with van der Waals surface area (Å²) in [4.78, 5) is 21.6. The van der Waals surface area contributed by atoms with Crippen molar-refractivity contribution >= 4 is 11.6 Å². The fourth-order valence-electron chi connectivity index (χ4n) is 6.46. The molecular weight excluding hydrogens is 420 g/mol. The van der Waals surface area contributed by atoms with Gasteiger partial charge in [-0.2, -0.15) is 19.6 Å². The molecule has 4 saturated heterocycles. The number of ether oxygens (including phenoxy) is 4. The maximum absolute atomic E-state index is 10.8. The Kier molecular flexibility index (Phi) is 1.86. The van der Waals surface area contributed by atoms with E-state index in [2.05, 4.69) is 0 Å². The zero-order valence-corrected chi connectivity index (χ0v) is 15.5. The number of benzene rings is 2. The van der Waals surface area contributed by atoms with E-state index in [0.717, 1.165) is 16.7 Å². The molecule has 1 N–H and O–H groups in total. The molecule has 0 radical (unpaired) electrons. The number of rotatable bonds is 0. The third kappa shape index (κ3) is 1.17. The molecule has 2 aromatic rings. The molecule has 4 spiro atoms. The Balaban J connectivity index is 1.40. The summed E-state index contributed by atoms with van der Waals surface area (Å²) in [6, 6.07) is 6.96. The standard InChI is InChI=1S/C20H9ClO9/c21-5-3-6-10-7(4-5)18(27-28-18)15-16(24-15)19(10)25-9-2-1-8(22)11-12(9)17(6,26-19)13-14(23-13)20(11)29-30-20/h1-4,13-16,22H. The lowest BCUT2D eigenvalue weighted by Gasteiger charge is -2.44. The summed E-state index contributed by atoms with van der Waals surface area (Å²) in [5.74, 6) is -2.75. The van der Waals surface area contributed by atoms with Crippen LogP contribution in [0, 0.1) is 0 Å². The fourth-order valence-corrected chi connectivity index (χ4v) is 6.67. The summed E-state index contributed by atoms with van der Waals surface area (Å²) in [5.41, 5.74) is 2.35. The van der Waals surface area contributed by atoms with Gasteiger partial charge in [-0.05, 0) is 24.3 Å². The van der Waals surface area contributed by atoms with Crippen LogP contribution in [0.1, 0.15) is 27.8 Å². The summed E-state index contributed by atoms with van der Waals surface area (Å²) < 4.78 is 25.4. The van der Waals surface area contributed by atoms with Crippen LogP contribution < -0.4 is 4.74 Å². The number of hydrogen-bond donors (Lipinski definition) is 1. The molecular formula is C20H9ClO9. The molecule has 2 aliphatic carbocycles. The van der Waals surface area contributed by atoms with Gasteiger partial charge in [0, 0.05) is 27.3 Å². The molecule has 150 valence electrons. The van der Waals surface area contributed by atoms with Crippen molar-refractivity contribution in [1.29, 1.82) is 0 Å². The van der Waals surface area contributed by atoms with Crippen LogP contribution in [0.25, 0.3) is 0 Å². The number of epoxide rings is 2. The average molecular weight is 429 g/mol. The molecule has 2 aromatic carbocycles. The Hall–Kier alpha value is -1.95. The van der Waals surface area contributed by atoms with Gasteiger partial charge in [-0.3, -0.25) is 0 Å². The molecule has 6 atom stereocenters. The predicted octanol–water partition coefficient (Wildman–Crippen LogP) is 1.66. The third-order valence-corrected chi connectivity index (χ3v) is 7.92. The number of fused-ring (bicyclic) bond motifs is 6. The van der Waals surface area contributed by atoms with Crippen LogP contribution >= 0.6 is 11.6 Å². The zero-order valence-electron chi connectivity index (χ0n) is 14.7. The summed E-state index contributed by atoms with van der Waals surface area (Å²) >= 11 is 6.56. The van der Waals surface area contributed by atoms with E-state index in [1.165, 1.54) is 0 Å². The molecule has 2 bridgehead atoms. The highest BCUT2D eigenvalue weighted by atomic mass is 35.5. The second-order valence-electron chi connectivity index (χ2n) is 8.94. The van der Waals surface area contributed by atoms with E-state index in [1.807, 2.05) is 12.1 Å². The molecule has 30 heavy (non-hydrogen) atoms. The first kappa shape index (κ1) is 15.0. The average Bonchev–Trinajstić information content (AvgIpc) is 3.58. The van der Waals surface area contributed by atoms with Gasteiger partial charge in [-0.25, -0.2) is 0 Å². The molecule has 8 aliphatic rings. The summed E-state index contributed by atoms with van der Waals surface area (Å²) in [6.07, 6.45) is -1.63. The van der Waals surface area contributed by atoms with Crippen LogP contribution in [0.5, 0.6) is 11.5 Å². The summed E-state index contributed by atoms with van der Waals surface area (Å²) in [5, 5.41) is 11.3. The summed E-state index contributed by atoms with van der Waals surface area (Å²) in [7, 11) is 0. The SMILES string of the molecule is Oc1ccc2c3c1C1(OO1)C1OC1C31OC3(O2)c2c(cc(Cl)cc21)C1(OO1)C1OC13. The van der Waals surface area contributed by atoms with E-state index in [1.54, 1.807) is 12.1 Å². The maximum Gasteiger partial charge on any atom is 0.291 e. The molecule has 4 fully saturated rings. The van der Waals surface area contributed by atoms with Crippen LogP contribution in [-0.2, 0) is 56.7 Å². The molecule has 0 aromatic heterocycles. The predicted molar refractivity (Wildman–Crippen MR) is 88.7 cm³/mol. The normalized spacial score (nSPS) is 45.8. The van der Waals surface area contributed by atoms with Crippen molar-refractivity contribution in [3.63, 3.8) is 0 Å². The molecule has 10 heteroatoms. The largest absolute Gasteiger partial charge is 0.507 e. The zero-order chi connectivity index (χ0) is 19.4. The van der Waals surface area contributed by atoms with E-state index < -0.39 is 41.3 Å². The van der Waals surface area contributed by atoms with Gasteiger partial charge in [-0.1, -0.05) is 11.6 Å². The number of hydrogen-bond acceptors (Lipinski definition) is 9. The van der Waals surface area contributed by atoms with Crippen LogP contribution in [0.4, 0.5) is 0 Å². The van der Waals surface area contributed by atoms with Gasteiger partial charge in [-0.15, -0.1) is 0 Å². The first-order valence-corrected chi connectivity index (χ1v) is 10.1. The Morgan fingerprint density at radius 1 is 0.767 bits per heavy atom. The number of aromatic hydroxyl groups is 1. The first-order valence-electron chi connectivity index (χ1n) is 9.71. The molecule has 0 amide bonds. The molecule has 6 aliphatic heterocycles. The topological polar surface area (TPSA) is 114 Å². The van der Waals surface area contributed by atoms with Gasteiger partial charge < -0.3 is 24.1 Å². The molecule has 0 saturated carbocycles. The summed E-state index contributed by atoms with van der Waals surface area (Å²) in [6.45, 7) is 0. The van der Waals surface area contributed by atoms with Crippen molar-refractivity contribution in [3.8, 4) is 11.5 Å². The monoisotopic (exact) mass is 428 g/mol. The van der Waals surface area contributed by atoms with Crippen molar-refractivity contribution in [1.82, 2.24) is 0 Å². The van der Waals surface area contributed by atoms with Crippen molar-refractivity contribution in [2.24, 2.45) is 0 Å². The van der Waals surface area contributed by atoms with Gasteiger partial charge in [0.05, 0.1) is 5.56 Å². The number of phenolic OH excluding ortho intramolecular Hbond substituents is 1. The maximum atomic E-state index is 10.8. The van der Waals surface area contributed by atoms with Crippen molar-refractivity contribution in [2.75, 3.05) is 0 Å². The van der Waals surface area contributed by atoms with Gasteiger partial charge in [0.15, 0.2) is 23.9 Å². The van der Waals surface area contributed by atoms with E-state index in [-0.39, 0.29) is 11.9 Å². The van der Waals surface area contributed by atoms with Gasteiger partial charge in [0.1, 0.15) is 17.6 Å². The minimum Gasteiger partial charge on any atom is -0.507 e. The van der Waals surface area contributed by atoms with E-state index in [4.69, 9.17) is 50.1 Å². The van der Waals surface area contributed by atoms with Gasteiger partial charge >= 0.3 is 0 Å². The second-order valence-corrected chi connectivity index (χ2v) is 9.38. The first-order chi connectivity index (χ1) is 14.6. The Morgan fingerprint density at radius 2 is 1.47 bits per heavy atom. The lowest BCUT2D eigenvalue weighted by atomic mass is 9.71. The molecule has 9 nitrogen and oxygen atoms in total. The van der Waals surface area contributed by atoms with Gasteiger partial charge in [0.25, 0.3) is 17.4 Å². The van der Waals surface area contributed by atoms with Crippen molar-refractivity contribution in [2.45, 2.75) is 47.4 Å². The highest BCUT2D eigenvalue weighted by molar-refractivity contribution is 6.30. The lowest BCUT2D eigenvalue weighted by molar-refractivity contribution is -0.265. The smallest absolute Gasteiger partial charge is 0.291 e. The van der Waals surface area contributed by atoms with E-state index in [0.29, 0.717) is 21.9 Å². The molecule has 6 heterocycles. The second kappa shape index (κ2) is 3.74. The van der Waals surface area contributed by atoms with Crippen LogP contribution in [0.3, 0.4) is 0 Å².